The lowest BCUT2D eigenvalue weighted by atomic mass is 9.92. The molecular weight excluding hydrogens is 448 g/mol. The van der Waals surface area contributed by atoms with Crippen LogP contribution in [0.15, 0.2) is 54.9 Å². The first kappa shape index (κ1) is 23.8. The molecule has 4 rings (SSSR count). The van der Waals surface area contributed by atoms with Crippen LogP contribution < -0.4 is 15.4 Å². The molecule has 2 amide bonds. The molecule has 0 bridgehead atoms. The molecule has 0 aliphatic carbocycles. The first-order valence-electron chi connectivity index (χ1n) is 11.2. The normalized spacial score (nSPS) is 11.3. The van der Waals surface area contributed by atoms with Gasteiger partial charge in [-0.05, 0) is 43.3 Å². The van der Waals surface area contributed by atoms with Crippen molar-refractivity contribution in [2.75, 3.05) is 23.8 Å². The number of carbonyl (C=O) groups excluding carboxylic acids is 2. The molecule has 0 aliphatic rings. The van der Waals surface area contributed by atoms with E-state index in [0.29, 0.717) is 23.9 Å². The number of H-pyrrole nitrogens is 1. The molecular formula is C25H28N6O4. The number of anilines is 2. The number of hydrogen-bond acceptors (Lipinski definition) is 6. The van der Waals surface area contributed by atoms with E-state index in [-0.39, 0.29) is 18.1 Å². The molecule has 182 valence electrons. The second kappa shape index (κ2) is 9.88. The highest BCUT2D eigenvalue weighted by Gasteiger charge is 2.17. The first-order valence-corrected chi connectivity index (χ1v) is 11.2. The molecule has 35 heavy (non-hydrogen) atoms. The summed E-state index contributed by atoms with van der Waals surface area (Å²) in [5.74, 6) is 0.576. The Kier molecular flexibility index (Phi) is 6.72. The van der Waals surface area contributed by atoms with Gasteiger partial charge in [0, 0.05) is 34.6 Å². The van der Waals surface area contributed by atoms with Gasteiger partial charge in [0.15, 0.2) is 12.4 Å². The fourth-order valence-corrected chi connectivity index (χ4v) is 3.39. The molecule has 0 fully saturated rings. The number of aromatic nitrogens is 4. The van der Waals surface area contributed by atoms with E-state index in [0.717, 1.165) is 22.4 Å². The van der Waals surface area contributed by atoms with E-state index in [1.807, 2.05) is 41.0 Å². The van der Waals surface area contributed by atoms with Gasteiger partial charge in [-0.25, -0.2) is 14.6 Å². The lowest BCUT2D eigenvalue weighted by molar-refractivity contribution is -0.145. The Morgan fingerprint density at radius 1 is 1.06 bits per heavy atom. The molecule has 3 N–H and O–H groups in total. The number of rotatable bonds is 7. The summed E-state index contributed by atoms with van der Waals surface area (Å²) in [6.45, 7) is 8.10. The van der Waals surface area contributed by atoms with Crippen LogP contribution in [0.4, 0.5) is 16.3 Å². The summed E-state index contributed by atoms with van der Waals surface area (Å²) in [5, 5.41) is 12.6. The third-order valence-electron chi connectivity index (χ3n) is 5.21. The summed E-state index contributed by atoms with van der Waals surface area (Å²) < 4.78 is 12.3. The summed E-state index contributed by atoms with van der Waals surface area (Å²) in [6, 6.07) is 14.2. The van der Waals surface area contributed by atoms with Crippen molar-refractivity contribution in [3.05, 3.63) is 60.6 Å². The number of nitrogens with one attached hydrogen (secondary N) is 3. The number of nitrogens with zero attached hydrogens (tertiary/aromatic N) is 3. The largest absolute Gasteiger partial charge is 0.482 e. The fourth-order valence-electron chi connectivity index (χ4n) is 3.39. The van der Waals surface area contributed by atoms with Gasteiger partial charge in [-0.15, -0.1) is 0 Å². The Balaban J connectivity index is 1.40. The molecule has 0 radical (unpaired) electrons. The van der Waals surface area contributed by atoms with Gasteiger partial charge < -0.3 is 14.8 Å². The zero-order valence-corrected chi connectivity index (χ0v) is 20.1. The molecule has 0 spiro atoms. The number of amides is 2. The number of benzene rings is 2. The van der Waals surface area contributed by atoms with Crippen molar-refractivity contribution < 1.29 is 19.1 Å². The van der Waals surface area contributed by atoms with Gasteiger partial charge >= 0.3 is 12.0 Å². The van der Waals surface area contributed by atoms with Crippen LogP contribution in [0.3, 0.4) is 0 Å². The maximum absolute atomic E-state index is 12.4. The number of carbonyl (C=O) groups is 2. The quantitative estimate of drug-likeness (QED) is 0.334. The number of urea groups is 1. The first-order chi connectivity index (χ1) is 16.7. The van der Waals surface area contributed by atoms with Gasteiger partial charge in [0.25, 0.3) is 0 Å². The van der Waals surface area contributed by atoms with Gasteiger partial charge in [-0.2, -0.15) is 5.10 Å². The number of imidazole rings is 1. The van der Waals surface area contributed by atoms with Crippen LogP contribution in [0, 0.1) is 0 Å². The molecule has 0 unspecified atom stereocenters. The van der Waals surface area contributed by atoms with Crippen LogP contribution in [-0.4, -0.2) is 45.0 Å². The Morgan fingerprint density at radius 2 is 1.83 bits per heavy atom. The van der Waals surface area contributed by atoms with E-state index in [1.165, 1.54) is 0 Å². The third-order valence-corrected chi connectivity index (χ3v) is 5.21. The highest BCUT2D eigenvalue weighted by Crippen LogP contribution is 2.24. The molecule has 0 saturated heterocycles. The smallest absolute Gasteiger partial charge is 0.344 e. The zero-order chi connectivity index (χ0) is 25.0. The van der Waals surface area contributed by atoms with E-state index < -0.39 is 5.97 Å². The second-order valence-corrected chi connectivity index (χ2v) is 8.90. The molecule has 2 aromatic carbocycles. The molecule has 0 aliphatic heterocycles. The average molecular weight is 477 g/mol. The molecule has 2 heterocycles. The third kappa shape index (κ3) is 5.78. The Bertz CT molecular complexity index is 1330. The minimum atomic E-state index is -0.417. The molecule has 10 nitrogen and oxygen atoms in total. The monoisotopic (exact) mass is 476 g/mol. The summed E-state index contributed by atoms with van der Waals surface area (Å²) in [5.41, 5.74) is 3.95. The van der Waals surface area contributed by atoms with Crippen molar-refractivity contribution in [3.63, 3.8) is 0 Å². The molecule has 4 aromatic rings. The van der Waals surface area contributed by atoms with Crippen molar-refractivity contribution in [2.24, 2.45) is 0 Å². The van der Waals surface area contributed by atoms with Crippen LogP contribution in [0.25, 0.3) is 16.7 Å². The van der Waals surface area contributed by atoms with Crippen molar-refractivity contribution in [2.45, 2.75) is 33.1 Å². The van der Waals surface area contributed by atoms with E-state index in [1.54, 1.807) is 25.4 Å². The predicted octanol–water partition coefficient (Wildman–Crippen LogP) is 4.63. The van der Waals surface area contributed by atoms with E-state index in [4.69, 9.17) is 9.47 Å². The maximum Gasteiger partial charge on any atom is 0.344 e. The number of ether oxygens (including phenoxy) is 2. The number of hydrogen-bond donors (Lipinski definition) is 3. The summed E-state index contributed by atoms with van der Waals surface area (Å²) in [7, 11) is 0. The lowest BCUT2D eigenvalue weighted by Crippen LogP contribution is -2.19. The molecule has 0 saturated carbocycles. The number of aromatic amines is 1. The van der Waals surface area contributed by atoms with Crippen LogP contribution in [0.5, 0.6) is 5.75 Å². The van der Waals surface area contributed by atoms with Gasteiger partial charge in [-0.1, -0.05) is 20.8 Å². The summed E-state index contributed by atoms with van der Waals surface area (Å²) in [4.78, 5) is 28.3. The van der Waals surface area contributed by atoms with Crippen molar-refractivity contribution >= 4 is 34.5 Å². The standard InChI is InChI=1S/C25H28N6O4/c1-5-34-23(32)14-35-18-10-11-20-19(12-18)26-15-31(20)17-8-6-16(7-9-17)27-24(33)28-22-13-21(29-30-22)25(2,3)4/h6-13,15H,5,14H2,1-4H3,(H3,27,28,29,30,33). The van der Waals surface area contributed by atoms with Crippen molar-refractivity contribution in [1.29, 1.82) is 0 Å². The van der Waals surface area contributed by atoms with Crippen LogP contribution >= 0.6 is 0 Å². The predicted molar refractivity (Wildman–Crippen MR) is 133 cm³/mol. The van der Waals surface area contributed by atoms with Gasteiger partial charge in [-0.3, -0.25) is 15.0 Å². The van der Waals surface area contributed by atoms with Crippen molar-refractivity contribution in [3.8, 4) is 11.4 Å². The van der Waals surface area contributed by atoms with Gasteiger partial charge in [0.05, 0.1) is 17.6 Å². The number of fused-ring (bicyclic) bond motifs is 1. The van der Waals surface area contributed by atoms with Gasteiger partial charge in [0.1, 0.15) is 12.1 Å². The highest BCUT2D eigenvalue weighted by atomic mass is 16.6. The second-order valence-electron chi connectivity index (χ2n) is 8.90. The van der Waals surface area contributed by atoms with E-state index >= 15 is 0 Å². The van der Waals surface area contributed by atoms with Crippen LogP contribution in [0.2, 0.25) is 0 Å². The Hall–Kier alpha value is -4.34. The van der Waals surface area contributed by atoms with Gasteiger partial charge in [0.2, 0.25) is 0 Å². The van der Waals surface area contributed by atoms with Crippen LogP contribution in [-0.2, 0) is 14.9 Å². The average Bonchev–Trinajstić information content (AvgIpc) is 3.45. The topological polar surface area (TPSA) is 123 Å². The highest BCUT2D eigenvalue weighted by molar-refractivity contribution is 5.99. The lowest BCUT2D eigenvalue weighted by Gasteiger charge is -2.14. The van der Waals surface area contributed by atoms with Crippen LogP contribution in [0.1, 0.15) is 33.4 Å². The molecule has 10 heteroatoms. The fraction of sp³-hybridized carbons (Fsp3) is 0.280. The van der Waals surface area contributed by atoms with E-state index in [9.17, 15) is 9.59 Å². The Morgan fingerprint density at radius 3 is 2.51 bits per heavy atom. The molecule has 0 atom stereocenters. The van der Waals surface area contributed by atoms with Crippen molar-refractivity contribution in [1.82, 2.24) is 19.7 Å². The molecule has 2 aromatic heterocycles. The maximum atomic E-state index is 12.4. The Labute approximate surface area is 202 Å². The minimum absolute atomic E-state index is 0.0893. The zero-order valence-electron chi connectivity index (χ0n) is 20.1. The SMILES string of the molecule is CCOC(=O)COc1ccc2c(c1)ncn2-c1ccc(NC(=O)Nc2cc(C(C)(C)C)[nH]n2)cc1. The van der Waals surface area contributed by atoms with E-state index in [2.05, 4.69) is 46.6 Å². The minimum Gasteiger partial charge on any atom is -0.482 e. The summed E-state index contributed by atoms with van der Waals surface area (Å²) in [6.07, 6.45) is 1.71. The number of esters is 1. The summed E-state index contributed by atoms with van der Waals surface area (Å²) >= 11 is 0.